The number of carbonyl (C=O) groups is 1. The average Bonchev–Trinajstić information content (AvgIpc) is 3.02. The van der Waals surface area contributed by atoms with Gasteiger partial charge < -0.3 is 5.32 Å². The molecule has 0 fully saturated rings. The maximum Gasteiger partial charge on any atom is 0.242 e. The first kappa shape index (κ1) is 24.0. The number of rotatable bonds is 7. The minimum absolute atomic E-state index is 0.135. The molecule has 0 bridgehead atoms. The number of carbonyl (C=O) groups excluding carboxylic acids is 1. The summed E-state index contributed by atoms with van der Waals surface area (Å²) in [5.74, 6) is -0.135. The number of hydrogen-bond donors (Lipinski definition) is 1. The van der Waals surface area contributed by atoms with Crippen LogP contribution in [0.5, 0.6) is 0 Å². The molecule has 1 aromatic heterocycles. The quantitative estimate of drug-likeness (QED) is 0.564. The van der Waals surface area contributed by atoms with Crippen LogP contribution in [0.4, 0.5) is 0 Å². The first-order valence-electron chi connectivity index (χ1n) is 10.1. The highest BCUT2D eigenvalue weighted by molar-refractivity contribution is 7.89. The van der Waals surface area contributed by atoms with Crippen LogP contribution in [0.25, 0.3) is 5.69 Å². The molecule has 0 aliphatic carbocycles. The summed E-state index contributed by atoms with van der Waals surface area (Å²) < 4.78 is 27.4. The number of sulfonamides is 1. The van der Waals surface area contributed by atoms with Gasteiger partial charge in [0.1, 0.15) is 0 Å². The van der Waals surface area contributed by atoms with Gasteiger partial charge in [0.25, 0.3) is 0 Å². The van der Waals surface area contributed by atoms with Crippen molar-refractivity contribution in [3.8, 4) is 5.69 Å². The highest BCUT2D eigenvalue weighted by Crippen LogP contribution is 2.21. The molecular formula is C23H27ClN4O3S. The molecule has 3 rings (SSSR count). The van der Waals surface area contributed by atoms with Crippen LogP contribution in [-0.2, 0) is 21.2 Å². The van der Waals surface area contributed by atoms with E-state index in [9.17, 15) is 13.2 Å². The van der Waals surface area contributed by atoms with Gasteiger partial charge in [-0.1, -0.05) is 23.7 Å². The smallest absolute Gasteiger partial charge is 0.242 e. The lowest BCUT2D eigenvalue weighted by Crippen LogP contribution is -2.28. The van der Waals surface area contributed by atoms with Crippen molar-refractivity contribution in [3.05, 3.63) is 76.1 Å². The molecule has 0 saturated heterocycles. The zero-order chi connectivity index (χ0) is 23.6. The fraction of sp³-hybridized carbons (Fsp3) is 0.304. The Labute approximate surface area is 194 Å². The summed E-state index contributed by atoms with van der Waals surface area (Å²) in [5.41, 5.74) is 4.26. The summed E-state index contributed by atoms with van der Waals surface area (Å²) in [4.78, 5) is 13.0. The monoisotopic (exact) mass is 474 g/mol. The molecule has 0 aliphatic rings. The Morgan fingerprint density at radius 3 is 2.25 bits per heavy atom. The van der Waals surface area contributed by atoms with E-state index in [4.69, 9.17) is 11.6 Å². The highest BCUT2D eigenvalue weighted by atomic mass is 35.5. The first-order valence-corrected chi connectivity index (χ1v) is 12.0. The second-order valence-electron chi connectivity index (χ2n) is 7.86. The molecule has 7 nitrogen and oxygen atoms in total. The van der Waals surface area contributed by atoms with Crippen LogP contribution in [0.15, 0.2) is 53.4 Å². The van der Waals surface area contributed by atoms with Crippen LogP contribution >= 0.6 is 11.6 Å². The van der Waals surface area contributed by atoms with Crippen molar-refractivity contribution < 1.29 is 13.2 Å². The summed E-state index contributed by atoms with van der Waals surface area (Å²) in [6, 6.07) is 13.6. The van der Waals surface area contributed by atoms with Gasteiger partial charge >= 0.3 is 0 Å². The zero-order valence-electron chi connectivity index (χ0n) is 18.8. The normalized spacial score (nSPS) is 12.7. The molecule has 0 aliphatic heterocycles. The SMILES string of the molecule is Cc1nn(-c2ccc(Cl)cc2)c(C)c1CC(=O)NC(C)c1ccc(S(=O)(=O)N(C)C)cc1. The van der Waals surface area contributed by atoms with Gasteiger partial charge in [-0.2, -0.15) is 5.10 Å². The number of hydrogen-bond acceptors (Lipinski definition) is 4. The molecule has 3 aromatic rings. The Balaban J connectivity index is 1.71. The van der Waals surface area contributed by atoms with Crippen molar-refractivity contribution in [1.29, 1.82) is 0 Å². The molecule has 1 unspecified atom stereocenters. The molecule has 32 heavy (non-hydrogen) atoms. The topological polar surface area (TPSA) is 84.3 Å². The predicted molar refractivity (Wildman–Crippen MR) is 126 cm³/mol. The van der Waals surface area contributed by atoms with Gasteiger partial charge in [-0.3, -0.25) is 4.79 Å². The number of halogens is 1. The van der Waals surface area contributed by atoms with E-state index in [-0.39, 0.29) is 23.3 Å². The lowest BCUT2D eigenvalue weighted by molar-refractivity contribution is -0.121. The van der Waals surface area contributed by atoms with Crippen LogP contribution in [0.1, 0.15) is 35.5 Å². The van der Waals surface area contributed by atoms with E-state index in [0.717, 1.165) is 28.2 Å². The number of amides is 1. The van der Waals surface area contributed by atoms with E-state index in [2.05, 4.69) is 10.4 Å². The van der Waals surface area contributed by atoms with E-state index >= 15 is 0 Å². The van der Waals surface area contributed by atoms with Gasteiger partial charge in [-0.05, 0) is 62.7 Å². The number of aryl methyl sites for hydroxylation is 1. The van der Waals surface area contributed by atoms with E-state index in [1.165, 1.54) is 18.4 Å². The Hall–Kier alpha value is -2.68. The third-order valence-corrected chi connectivity index (χ3v) is 7.47. The molecule has 0 spiro atoms. The molecule has 1 amide bonds. The van der Waals surface area contributed by atoms with Crippen LogP contribution in [0.2, 0.25) is 5.02 Å². The number of nitrogens with one attached hydrogen (secondary N) is 1. The molecule has 1 atom stereocenters. The second kappa shape index (κ2) is 9.44. The molecule has 9 heteroatoms. The third kappa shape index (κ3) is 5.03. The highest BCUT2D eigenvalue weighted by Gasteiger charge is 2.19. The lowest BCUT2D eigenvalue weighted by Gasteiger charge is -2.16. The van der Waals surface area contributed by atoms with Crippen LogP contribution in [0.3, 0.4) is 0 Å². The van der Waals surface area contributed by atoms with Gasteiger partial charge in [0.05, 0.1) is 28.7 Å². The van der Waals surface area contributed by atoms with Gasteiger partial charge in [0, 0.05) is 30.4 Å². The first-order chi connectivity index (χ1) is 15.0. The largest absolute Gasteiger partial charge is 0.349 e. The van der Waals surface area contributed by atoms with Gasteiger partial charge in [-0.25, -0.2) is 17.4 Å². The van der Waals surface area contributed by atoms with Crippen LogP contribution in [0, 0.1) is 13.8 Å². The molecule has 0 radical (unpaired) electrons. The Bertz CT molecular complexity index is 1220. The summed E-state index contributed by atoms with van der Waals surface area (Å²) >= 11 is 5.97. The molecular weight excluding hydrogens is 448 g/mol. The lowest BCUT2D eigenvalue weighted by atomic mass is 10.1. The van der Waals surface area contributed by atoms with E-state index in [1.54, 1.807) is 36.4 Å². The summed E-state index contributed by atoms with van der Waals surface area (Å²) in [6.45, 7) is 5.68. The van der Waals surface area contributed by atoms with Crippen molar-refractivity contribution >= 4 is 27.5 Å². The summed E-state index contributed by atoms with van der Waals surface area (Å²) in [6.07, 6.45) is 0.197. The van der Waals surface area contributed by atoms with Crippen LogP contribution in [-0.4, -0.2) is 42.5 Å². The number of aromatic nitrogens is 2. The minimum Gasteiger partial charge on any atom is -0.349 e. The molecule has 2 aromatic carbocycles. The van der Waals surface area contributed by atoms with E-state index in [1.807, 2.05) is 37.6 Å². The Morgan fingerprint density at radius 2 is 1.69 bits per heavy atom. The maximum absolute atomic E-state index is 12.7. The minimum atomic E-state index is -3.49. The number of benzene rings is 2. The molecule has 1 heterocycles. The van der Waals surface area contributed by atoms with Crippen molar-refractivity contribution in [3.63, 3.8) is 0 Å². The van der Waals surface area contributed by atoms with E-state index < -0.39 is 10.0 Å². The Morgan fingerprint density at radius 1 is 1.09 bits per heavy atom. The predicted octanol–water partition coefficient (Wildman–Crippen LogP) is 3.81. The van der Waals surface area contributed by atoms with Crippen LogP contribution < -0.4 is 5.32 Å². The van der Waals surface area contributed by atoms with Crippen molar-refractivity contribution in [2.45, 2.75) is 38.1 Å². The van der Waals surface area contributed by atoms with Crippen molar-refractivity contribution in [2.24, 2.45) is 0 Å². The zero-order valence-corrected chi connectivity index (χ0v) is 20.3. The fourth-order valence-corrected chi connectivity index (χ4v) is 4.47. The molecule has 1 N–H and O–H groups in total. The summed E-state index contributed by atoms with van der Waals surface area (Å²) in [5, 5.41) is 8.21. The average molecular weight is 475 g/mol. The van der Waals surface area contributed by atoms with Gasteiger partial charge in [0.15, 0.2) is 0 Å². The molecule has 170 valence electrons. The van der Waals surface area contributed by atoms with E-state index in [0.29, 0.717) is 5.02 Å². The second-order valence-corrected chi connectivity index (χ2v) is 10.4. The van der Waals surface area contributed by atoms with Gasteiger partial charge in [0.2, 0.25) is 15.9 Å². The van der Waals surface area contributed by atoms with Crippen molar-refractivity contribution in [2.75, 3.05) is 14.1 Å². The molecule has 0 saturated carbocycles. The van der Waals surface area contributed by atoms with Crippen molar-refractivity contribution in [1.82, 2.24) is 19.4 Å². The third-order valence-electron chi connectivity index (χ3n) is 5.39. The fourth-order valence-electron chi connectivity index (χ4n) is 3.44. The standard InChI is InChI=1S/C23H27ClN4O3S/c1-15(18-6-12-21(13-7-18)32(30,31)27(4)5)25-23(29)14-22-16(2)26-28(17(22)3)20-10-8-19(24)9-11-20/h6-13,15H,14H2,1-5H3,(H,25,29). The Kier molecular flexibility index (Phi) is 7.07. The summed E-state index contributed by atoms with van der Waals surface area (Å²) in [7, 11) is -0.504. The van der Waals surface area contributed by atoms with Gasteiger partial charge in [-0.15, -0.1) is 0 Å². The number of nitrogens with zero attached hydrogens (tertiary/aromatic N) is 3. The maximum atomic E-state index is 12.7.